The first-order valence-electron chi connectivity index (χ1n) is 9.65. The molecule has 2 saturated heterocycles. The summed E-state index contributed by atoms with van der Waals surface area (Å²) in [5.74, 6) is 0.807. The van der Waals surface area contributed by atoms with Crippen LogP contribution < -0.4 is 10.1 Å². The quantitative estimate of drug-likeness (QED) is 0.874. The molecule has 142 valence electrons. The molecule has 2 aromatic rings. The van der Waals surface area contributed by atoms with Gasteiger partial charge in [0.15, 0.2) is 0 Å². The van der Waals surface area contributed by atoms with E-state index >= 15 is 0 Å². The lowest BCUT2D eigenvalue weighted by Gasteiger charge is -2.32. The largest absolute Gasteiger partial charge is 0.489 e. The second-order valence-electron chi connectivity index (χ2n) is 7.16. The molecular formula is C21H26N4O2. The summed E-state index contributed by atoms with van der Waals surface area (Å²) in [5, 5.41) is 3.39. The summed E-state index contributed by atoms with van der Waals surface area (Å²) in [4.78, 5) is 21.5. The minimum atomic E-state index is 0.0967. The zero-order valence-corrected chi connectivity index (χ0v) is 15.5. The Kier molecular flexibility index (Phi) is 5.65. The summed E-state index contributed by atoms with van der Waals surface area (Å²) in [5.41, 5.74) is 1.70. The van der Waals surface area contributed by atoms with Gasteiger partial charge in [0.1, 0.15) is 12.4 Å². The highest BCUT2D eigenvalue weighted by Crippen LogP contribution is 2.21. The number of carbonyl (C=O) groups is 1. The summed E-state index contributed by atoms with van der Waals surface area (Å²) in [6.07, 6.45) is 4.59. The third-order valence-corrected chi connectivity index (χ3v) is 5.33. The number of nitrogens with zero attached hydrogens (tertiary/aromatic N) is 3. The van der Waals surface area contributed by atoms with Crippen molar-refractivity contribution in [2.24, 2.45) is 0 Å². The van der Waals surface area contributed by atoms with E-state index in [9.17, 15) is 4.79 Å². The molecule has 6 heteroatoms. The Balaban J connectivity index is 1.36. The summed E-state index contributed by atoms with van der Waals surface area (Å²) < 4.78 is 5.84. The Morgan fingerprint density at radius 1 is 1.19 bits per heavy atom. The molecule has 0 aliphatic carbocycles. The van der Waals surface area contributed by atoms with E-state index in [4.69, 9.17) is 4.74 Å². The zero-order valence-electron chi connectivity index (χ0n) is 15.5. The lowest BCUT2D eigenvalue weighted by Crippen LogP contribution is -2.49. The van der Waals surface area contributed by atoms with Crippen molar-refractivity contribution in [2.75, 3.05) is 39.3 Å². The number of aromatic nitrogens is 1. The number of ether oxygens (including phenoxy) is 1. The van der Waals surface area contributed by atoms with Gasteiger partial charge in [-0.3, -0.25) is 14.7 Å². The molecule has 1 aromatic heterocycles. The Hall–Kier alpha value is -2.44. The maximum Gasteiger partial charge on any atom is 0.254 e. The van der Waals surface area contributed by atoms with Crippen molar-refractivity contribution in [2.45, 2.75) is 19.1 Å². The number of amides is 1. The van der Waals surface area contributed by atoms with Gasteiger partial charge >= 0.3 is 0 Å². The van der Waals surface area contributed by atoms with Crippen LogP contribution in [-0.2, 0) is 6.61 Å². The van der Waals surface area contributed by atoms with Gasteiger partial charge in [0.05, 0.1) is 0 Å². The zero-order chi connectivity index (χ0) is 18.5. The van der Waals surface area contributed by atoms with Gasteiger partial charge in [0, 0.05) is 68.8 Å². The monoisotopic (exact) mass is 366 g/mol. The van der Waals surface area contributed by atoms with Crippen LogP contribution in [0.2, 0.25) is 0 Å². The molecule has 0 saturated carbocycles. The van der Waals surface area contributed by atoms with Gasteiger partial charge in [0.2, 0.25) is 0 Å². The Bertz CT molecular complexity index is 762. The summed E-state index contributed by atoms with van der Waals surface area (Å²) in [6.45, 7) is 6.32. The third kappa shape index (κ3) is 4.46. The molecule has 1 N–H and O–H groups in total. The molecule has 0 radical (unpaired) electrons. The van der Waals surface area contributed by atoms with E-state index in [0.29, 0.717) is 24.0 Å². The second kappa shape index (κ2) is 8.50. The number of hydrogen-bond donors (Lipinski definition) is 1. The van der Waals surface area contributed by atoms with Gasteiger partial charge in [-0.25, -0.2) is 0 Å². The Morgan fingerprint density at radius 3 is 2.89 bits per heavy atom. The number of carbonyl (C=O) groups excluding carboxylic acids is 1. The van der Waals surface area contributed by atoms with E-state index in [1.165, 1.54) is 0 Å². The van der Waals surface area contributed by atoms with Gasteiger partial charge in [-0.05, 0) is 30.7 Å². The normalized spacial score (nSPS) is 20.6. The van der Waals surface area contributed by atoms with Crippen molar-refractivity contribution in [3.63, 3.8) is 0 Å². The minimum absolute atomic E-state index is 0.0967. The minimum Gasteiger partial charge on any atom is -0.489 e. The van der Waals surface area contributed by atoms with Crippen molar-refractivity contribution in [3.8, 4) is 5.75 Å². The molecule has 3 heterocycles. The summed E-state index contributed by atoms with van der Waals surface area (Å²) in [6, 6.07) is 11.8. The second-order valence-corrected chi connectivity index (χ2v) is 7.16. The van der Waals surface area contributed by atoms with Gasteiger partial charge < -0.3 is 15.0 Å². The predicted molar refractivity (Wildman–Crippen MR) is 104 cm³/mol. The van der Waals surface area contributed by atoms with E-state index < -0.39 is 0 Å². The lowest BCUT2D eigenvalue weighted by molar-refractivity contribution is 0.0773. The molecule has 2 fully saturated rings. The maximum atomic E-state index is 12.9. The van der Waals surface area contributed by atoms with Crippen LogP contribution in [0.15, 0.2) is 48.8 Å². The number of hydrogen-bond acceptors (Lipinski definition) is 5. The fourth-order valence-corrected chi connectivity index (χ4v) is 3.82. The van der Waals surface area contributed by atoms with Crippen LogP contribution in [-0.4, -0.2) is 66.0 Å². The molecule has 2 aliphatic rings. The van der Waals surface area contributed by atoms with Crippen LogP contribution >= 0.6 is 0 Å². The van der Waals surface area contributed by atoms with Crippen molar-refractivity contribution in [1.29, 1.82) is 0 Å². The Morgan fingerprint density at radius 2 is 2.07 bits per heavy atom. The van der Waals surface area contributed by atoms with Gasteiger partial charge in [-0.2, -0.15) is 0 Å². The molecule has 0 spiro atoms. The first-order valence-corrected chi connectivity index (χ1v) is 9.65. The predicted octanol–water partition coefficient (Wildman–Crippen LogP) is 1.78. The fraction of sp³-hybridized carbons (Fsp3) is 0.429. The molecule has 6 nitrogen and oxygen atoms in total. The summed E-state index contributed by atoms with van der Waals surface area (Å²) in [7, 11) is 0. The molecule has 4 rings (SSSR count). The average molecular weight is 366 g/mol. The first kappa shape index (κ1) is 17.9. The standard InChI is InChI=1S/C21H26N4O2/c26-21(25-10-6-19(15-25)24-11-8-22-9-12-24)18-4-1-5-20(13-18)27-16-17-3-2-7-23-14-17/h1-5,7,13-14,19,22H,6,8-12,15-16H2. The van der Waals surface area contributed by atoms with Gasteiger partial charge in [0.25, 0.3) is 5.91 Å². The number of pyridine rings is 1. The molecular weight excluding hydrogens is 340 g/mol. The highest BCUT2D eigenvalue weighted by Gasteiger charge is 2.31. The highest BCUT2D eigenvalue weighted by molar-refractivity contribution is 5.94. The van der Waals surface area contributed by atoms with E-state index in [1.807, 2.05) is 41.3 Å². The molecule has 1 unspecified atom stereocenters. The number of likely N-dealkylation sites (tertiary alicyclic amines) is 1. The maximum absolute atomic E-state index is 12.9. The van der Waals surface area contributed by atoms with Crippen molar-refractivity contribution < 1.29 is 9.53 Å². The van der Waals surface area contributed by atoms with Crippen molar-refractivity contribution in [1.82, 2.24) is 20.1 Å². The molecule has 1 amide bonds. The van der Waals surface area contributed by atoms with Crippen LogP contribution in [0.1, 0.15) is 22.3 Å². The number of benzene rings is 1. The SMILES string of the molecule is O=C(c1cccc(OCc2cccnc2)c1)N1CCC(N2CCNCC2)C1. The summed E-state index contributed by atoms with van der Waals surface area (Å²) >= 11 is 0. The van der Waals surface area contributed by atoms with Crippen LogP contribution in [0.4, 0.5) is 0 Å². The van der Waals surface area contributed by atoms with Gasteiger partial charge in [-0.15, -0.1) is 0 Å². The van der Waals surface area contributed by atoms with Crippen LogP contribution in [0.3, 0.4) is 0 Å². The van der Waals surface area contributed by atoms with E-state index in [0.717, 1.165) is 51.3 Å². The topological polar surface area (TPSA) is 57.7 Å². The third-order valence-electron chi connectivity index (χ3n) is 5.33. The molecule has 1 aromatic carbocycles. The van der Waals surface area contributed by atoms with Crippen LogP contribution in [0.5, 0.6) is 5.75 Å². The number of piperazine rings is 1. The number of nitrogens with one attached hydrogen (secondary N) is 1. The molecule has 27 heavy (non-hydrogen) atoms. The smallest absolute Gasteiger partial charge is 0.254 e. The molecule has 1 atom stereocenters. The van der Waals surface area contributed by atoms with Crippen molar-refractivity contribution in [3.05, 3.63) is 59.9 Å². The lowest BCUT2D eigenvalue weighted by atomic mass is 10.2. The van der Waals surface area contributed by atoms with E-state index in [2.05, 4.69) is 15.2 Å². The molecule has 0 bridgehead atoms. The van der Waals surface area contributed by atoms with Crippen LogP contribution in [0, 0.1) is 0 Å². The number of rotatable bonds is 5. The Labute approximate surface area is 160 Å². The average Bonchev–Trinajstić information content (AvgIpc) is 3.24. The van der Waals surface area contributed by atoms with Crippen molar-refractivity contribution >= 4 is 5.91 Å². The molecule has 2 aliphatic heterocycles. The first-order chi connectivity index (χ1) is 13.3. The van der Waals surface area contributed by atoms with E-state index in [-0.39, 0.29) is 5.91 Å². The van der Waals surface area contributed by atoms with Gasteiger partial charge in [-0.1, -0.05) is 12.1 Å². The van der Waals surface area contributed by atoms with E-state index in [1.54, 1.807) is 12.4 Å². The fourth-order valence-electron chi connectivity index (χ4n) is 3.82. The highest BCUT2D eigenvalue weighted by atomic mass is 16.5. The van der Waals surface area contributed by atoms with Crippen LogP contribution in [0.25, 0.3) is 0 Å².